The van der Waals surface area contributed by atoms with E-state index in [2.05, 4.69) is 52.8 Å². The standard InChI is InChI=1S/C48H77N15O19/c1-5-22(2)36(45(79)58-28(16-25-10-7-6-8-11-25)42(76)62-37(23(3)66)46(80)59-29(17-32(50)68)43(77)63-38(24(4)67)47(81)82)61-34(70)19-55-40(74)30(20-64)60-41(75)27(13-14-35(71)72)57-44(78)31(21-65)56-33(69)18-54-39(73)26(49)12-9-15-53-48(51)52/h6-8,10-11,22-24,26-31,36-38,64-67H,5,9,12-21,49H2,1-4H3,(H2,50,68)(H,54,73)(H,55,74)(H,56,69)(H,57,78)(H,58,79)(H,59,80)(H,60,75)(H,61,70)(H,62,76)(H,63,77)(H,71,72)(H,81,82)(H4,51,52,53)/t22-,23+,24+,26-,27-,28-,29-,30-,31-,36-,37-,38-/m0/s1. The highest BCUT2D eigenvalue weighted by atomic mass is 16.4. The van der Waals surface area contributed by atoms with Gasteiger partial charge in [-0.1, -0.05) is 50.6 Å². The van der Waals surface area contributed by atoms with Gasteiger partial charge in [-0.15, -0.1) is 0 Å². The van der Waals surface area contributed by atoms with Crippen molar-refractivity contribution in [2.45, 2.75) is 139 Å². The molecule has 0 radical (unpaired) electrons. The lowest BCUT2D eigenvalue weighted by atomic mass is 9.97. The van der Waals surface area contributed by atoms with E-state index >= 15 is 0 Å². The minimum Gasteiger partial charge on any atom is -0.481 e. The van der Waals surface area contributed by atoms with Gasteiger partial charge in [0.15, 0.2) is 12.0 Å². The molecule has 1 rings (SSSR count). The SMILES string of the molecule is CC[C@H](C)[C@H](NC(=O)CNC(=O)[C@H](CO)NC(=O)[C@H](CCC(=O)O)NC(=O)[C@H](CO)NC(=O)CNC(=O)[C@@H](N)CCCN=C(N)N)C(=O)N[C@@H](Cc1ccccc1)C(=O)N[C@H](C(=O)N[C@@H](CC(N)=O)C(=O)N[C@H](C(=O)O)[C@@H](C)O)[C@@H](C)O. The normalized spacial score (nSPS) is 15.3. The lowest BCUT2D eigenvalue weighted by Gasteiger charge is -2.29. The van der Waals surface area contributed by atoms with Gasteiger partial charge < -0.3 is 107 Å². The van der Waals surface area contributed by atoms with E-state index in [0.717, 1.165) is 13.8 Å². The van der Waals surface area contributed by atoms with Gasteiger partial charge in [0.2, 0.25) is 65.0 Å². The molecule has 0 unspecified atom stereocenters. The van der Waals surface area contributed by atoms with Crippen molar-refractivity contribution in [3.8, 4) is 0 Å². The summed E-state index contributed by atoms with van der Waals surface area (Å²) < 4.78 is 0. The average Bonchev–Trinajstić information content (AvgIpc) is 3.50. The molecule has 458 valence electrons. The first-order valence-corrected chi connectivity index (χ1v) is 25.6. The molecule has 0 heterocycles. The Hall–Kier alpha value is -8.60. The average molecular weight is 1170 g/mol. The monoisotopic (exact) mass is 1170 g/mol. The number of carbonyl (C=O) groups excluding carboxylic acids is 11. The fourth-order valence-electron chi connectivity index (χ4n) is 7.17. The number of aliphatic carboxylic acids is 2. The molecule has 0 spiro atoms. The summed E-state index contributed by atoms with van der Waals surface area (Å²) in [5.41, 5.74) is 22.0. The predicted octanol–water partition coefficient (Wildman–Crippen LogP) is -9.66. The Bertz CT molecular complexity index is 2410. The fraction of sp³-hybridized carbons (Fsp3) is 0.583. The summed E-state index contributed by atoms with van der Waals surface area (Å²) in [6, 6.07) is -7.10. The minimum absolute atomic E-state index is 0.137. The maximum Gasteiger partial charge on any atom is 0.328 e. The largest absolute Gasteiger partial charge is 0.481 e. The number of primary amides is 1. The van der Waals surface area contributed by atoms with Gasteiger partial charge in [0, 0.05) is 19.4 Å². The summed E-state index contributed by atoms with van der Waals surface area (Å²) in [6.07, 6.45) is -5.19. The molecule has 82 heavy (non-hydrogen) atoms. The van der Waals surface area contributed by atoms with Gasteiger partial charge in [0.1, 0.15) is 42.3 Å². The quantitative estimate of drug-likeness (QED) is 0.0166. The Morgan fingerprint density at radius 2 is 1.02 bits per heavy atom. The van der Waals surface area contributed by atoms with Gasteiger partial charge >= 0.3 is 11.9 Å². The zero-order valence-corrected chi connectivity index (χ0v) is 45.5. The third-order valence-electron chi connectivity index (χ3n) is 12.0. The number of rotatable bonds is 38. The van der Waals surface area contributed by atoms with Crippen LogP contribution in [0.4, 0.5) is 0 Å². The van der Waals surface area contributed by atoms with Crippen molar-refractivity contribution in [1.29, 1.82) is 0 Å². The summed E-state index contributed by atoms with van der Waals surface area (Å²) in [4.78, 5) is 171. The Kier molecular flexibility index (Phi) is 31.9. The summed E-state index contributed by atoms with van der Waals surface area (Å²) >= 11 is 0. The van der Waals surface area contributed by atoms with Crippen molar-refractivity contribution >= 4 is 82.9 Å². The van der Waals surface area contributed by atoms with E-state index < -0.39 is 195 Å². The highest BCUT2D eigenvalue weighted by molar-refractivity contribution is 5.99. The first-order chi connectivity index (χ1) is 38.4. The lowest BCUT2D eigenvalue weighted by molar-refractivity contribution is -0.145. The second-order valence-electron chi connectivity index (χ2n) is 18.7. The molecule has 0 saturated heterocycles. The van der Waals surface area contributed by atoms with Gasteiger partial charge in [-0.3, -0.25) is 62.5 Å². The molecule has 0 aliphatic heterocycles. The highest BCUT2D eigenvalue weighted by Crippen LogP contribution is 2.12. The number of amides is 11. The predicted molar refractivity (Wildman–Crippen MR) is 285 cm³/mol. The van der Waals surface area contributed by atoms with Crippen LogP contribution in [0, 0.1) is 5.92 Å². The number of guanidine groups is 1. The van der Waals surface area contributed by atoms with Crippen LogP contribution in [-0.4, -0.2) is 213 Å². The van der Waals surface area contributed by atoms with Crippen LogP contribution in [0.1, 0.15) is 71.8 Å². The number of benzene rings is 1. The van der Waals surface area contributed by atoms with Crippen molar-refractivity contribution in [3.63, 3.8) is 0 Å². The Morgan fingerprint density at radius 1 is 0.549 bits per heavy atom. The number of nitrogens with one attached hydrogen (secondary N) is 10. The Morgan fingerprint density at radius 3 is 1.55 bits per heavy atom. The van der Waals surface area contributed by atoms with Crippen molar-refractivity contribution in [2.24, 2.45) is 33.8 Å². The summed E-state index contributed by atoms with van der Waals surface area (Å²) in [5, 5.41) is 81.2. The molecule has 0 aromatic heterocycles. The van der Waals surface area contributed by atoms with E-state index in [0.29, 0.717) is 12.0 Å². The van der Waals surface area contributed by atoms with E-state index in [1.807, 2.05) is 5.32 Å². The molecule has 0 aliphatic carbocycles. The summed E-state index contributed by atoms with van der Waals surface area (Å²) in [7, 11) is 0. The third-order valence-corrected chi connectivity index (χ3v) is 12.0. The van der Waals surface area contributed by atoms with Crippen LogP contribution in [0.2, 0.25) is 0 Å². The molecule has 1 aromatic carbocycles. The molecular weight excluding hydrogens is 1090 g/mol. The number of hydrogen-bond donors (Lipinski definition) is 20. The van der Waals surface area contributed by atoms with Crippen LogP contribution < -0.4 is 76.1 Å². The highest BCUT2D eigenvalue weighted by Gasteiger charge is 2.37. The number of aliphatic hydroxyl groups excluding tert-OH is 4. The molecule has 0 aliphatic rings. The number of nitrogens with zero attached hydrogens (tertiary/aromatic N) is 1. The minimum atomic E-state index is -1.91. The zero-order valence-electron chi connectivity index (χ0n) is 45.5. The third kappa shape index (κ3) is 26.6. The van der Waals surface area contributed by atoms with E-state index in [4.69, 9.17) is 22.9 Å². The molecule has 11 amide bonds. The van der Waals surface area contributed by atoms with Crippen LogP contribution in [-0.2, 0) is 68.7 Å². The molecule has 0 saturated carbocycles. The number of nitrogens with two attached hydrogens (primary N) is 4. The molecule has 34 heteroatoms. The molecule has 0 bridgehead atoms. The molecule has 12 atom stereocenters. The van der Waals surface area contributed by atoms with Crippen LogP contribution in [0.15, 0.2) is 35.3 Å². The van der Waals surface area contributed by atoms with Gasteiger partial charge in [-0.05, 0) is 44.6 Å². The van der Waals surface area contributed by atoms with E-state index in [1.54, 1.807) is 44.2 Å². The van der Waals surface area contributed by atoms with Gasteiger partial charge in [0.05, 0.1) is 51.0 Å². The Balaban J connectivity index is 3.21. The van der Waals surface area contributed by atoms with E-state index in [-0.39, 0.29) is 31.8 Å². The number of carboxylic acids is 2. The number of carbonyl (C=O) groups is 13. The number of carboxylic acid groups (broad SMARTS) is 2. The molecule has 24 N–H and O–H groups in total. The topological polar surface area (TPSA) is 580 Å². The van der Waals surface area contributed by atoms with E-state index in [9.17, 15) is 93.0 Å². The summed E-state index contributed by atoms with van der Waals surface area (Å²) in [5.74, 6) is -16.1. The first-order valence-electron chi connectivity index (χ1n) is 25.6. The number of aliphatic hydroxyl groups is 4. The number of hydrogen-bond acceptors (Lipinski definition) is 19. The molecule has 34 nitrogen and oxygen atoms in total. The second-order valence-corrected chi connectivity index (χ2v) is 18.7. The Labute approximate surface area is 469 Å². The second kappa shape index (κ2) is 36.6. The molecule has 0 fully saturated rings. The van der Waals surface area contributed by atoms with Crippen LogP contribution in [0.25, 0.3) is 0 Å². The maximum absolute atomic E-state index is 14.1. The van der Waals surface area contributed by atoms with E-state index in [1.165, 1.54) is 0 Å². The fourth-order valence-corrected chi connectivity index (χ4v) is 7.17. The smallest absolute Gasteiger partial charge is 0.328 e. The zero-order chi connectivity index (χ0) is 62.4. The van der Waals surface area contributed by atoms with Crippen molar-refractivity contribution < 1.29 is 93.0 Å². The summed E-state index contributed by atoms with van der Waals surface area (Å²) in [6.45, 7) is 1.71. The van der Waals surface area contributed by atoms with Crippen molar-refractivity contribution in [2.75, 3.05) is 32.8 Å². The van der Waals surface area contributed by atoms with Crippen molar-refractivity contribution in [1.82, 2.24) is 53.2 Å². The van der Waals surface area contributed by atoms with Crippen LogP contribution >= 0.6 is 0 Å². The molecular formula is C48H77N15O19. The number of aliphatic imine (C=N–C) groups is 1. The maximum atomic E-state index is 14.1. The lowest BCUT2D eigenvalue weighted by Crippen LogP contribution is -2.62. The first kappa shape index (κ1) is 71.4. The van der Waals surface area contributed by atoms with Crippen molar-refractivity contribution in [3.05, 3.63) is 35.9 Å². The van der Waals surface area contributed by atoms with Crippen LogP contribution in [0.5, 0.6) is 0 Å². The van der Waals surface area contributed by atoms with Gasteiger partial charge in [-0.25, -0.2) is 4.79 Å². The van der Waals surface area contributed by atoms with Crippen LogP contribution in [0.3, 0.4) is 0 Å². The molecule has 1 aromatic rings. The van der Waals surface area contributed by atoms with Gasteiger partial charge in [-0.2, -0.15) is 0 Å². The van der Waals surface area contributed by atoms with Gasteiger partial charge in [0.25, 0.3) is 0 Å².